The Bertz CT molecular complexity index is 1110. The molecule has 146 valence electrons. The van der Waals surface area contributed by atoms with Crippen LogP contribution in [0.4, 0.5) is 0 Å². The second-order valence-corrected chi connectivity index (χ2v) is 9.30. The van der Waals surface area contributed by atoms with Gasteiger partial charge < -0.3 is 9.88 Å². The Kier molecular flexibility index (Phi) is 4.58. The molecule has 7 nitrogen and oxygen atoms in total. The number of nitrogens with one attached hydrogen (secondary N) is 1. The van der Waals surface area contributed by atoms with Crippen molar-refractivity contribution < 1.29 is 13.2 Å². The van der Waals surface area contributed by atoms with Crippen molar-refractivity contribution in [2.45, 2.75) is 25.1 Å². The summed E-state index contributed by atoms with van der Waals surface area (Å²) in [6.45, 7) is 1.90. The molecule has 1 aliphatic heterocycles. The molecule has 2 aromatic heterocycles. The topological polar surface area (TPSA) is 86.0 Å². The summed E-state index contributed by atoms with van der Waals surface area (Å²) in [5, 5.41) is 7.23. The van der Waals surface area contributed by atoms with Crippen LogP contribution in [0.25, 0.3) is 5.69 Å². The van der Waals surface area contributed by atoms with Crippen LogP contribution >= 0.6 is 0 Å². The summed E-state index contributed by atoms with van der Waals surface area (Å²) >= 11 is 0. The largest absolute Gasteiger partial charge is 0.344 e. The molecule has 28 heavy (non-hydrogen) atoms. The van der Waals surface area contributed by atoms with Crippen LogP contribution in [0.15, 0.2) is 48.8 Å². The van der Waals surface area contributed by atoms with E-state index in [1.807, 2.05) is 60.3 Å². The molecule has 1 aliphatic rings. The number of rotatable bonds is 4. The summed E-state index contributed by atoms with van der Waals surface area (Å²) < 4.78 is 27.6. The molecule has 0 fully saturated rings. The molecule has 8 heteroatoms. The average molecular weight is 398 g/mol. The lowest BCUT2D eigenvalue weighted by Gasteiger charge is -2.16. The van der Waals surface area contributed by atoms with E-state index in [1.165, 1.54) is 0 Å². The van der Waals surface area contributed by atoms with Gasteiger partial charge in [-0.3, -0.25) is 9.48 Å². The third-order valence-corrected chi connectivity index (χ3v) is 6.70. The fourth-order valence-corrected chi connectivity index (χ4v) is 4.98. The standard InChI is InChI=1S/C20H22N4O3S/c1-14(15-5-7-16(8-6-15)24-10-3-4-11-24)21-20(25)19-17-13-28(26,27)12-9-18(17)23(2)22-19/h3-8,10-11,14H,9,12-13H2,1-2H3,(H,21,25). The zero-order chi connectivity index (χ0) is 19.9. The van der Waals surface area contributed by atoms with E-state index in [4.69, 9.17) is 0 Å². The molecule has 3 aromatic rings. The van der Waals surface area contributed by atoms with E-state index in [-0.39, 0.29) is 29.1 Å². The summed E-state index contributed by atoms with van der Waals surface area (Å²) in [4.78, 5) is 12.8. The van der Waals surface area contributed by atoms with E-state index in [0.717, 1.165) is 16.9 Å². The molecule has 1 amide bonds. The minimum absolute atomic E-state index is 0.102. The van der Waals surface area contributed by atoms with Crippen LogP contribution in [0.5, 0.6) is 0 Å². The Morgan fingerprint density at radius 1 is 1.18 bits per heavy atom. The second kappa shape index (κ2) is 6.94. The number of aryl methyl sites for hydroxylation is 1. The summed E-state index contributed by atoms with van der Waals surface area (Å²) in [5.41, 5.74) is 3.56. The SMILES string of the molecule is CC(NC(=O)c1nn(C)c2c1CS(=O)(=O)CC2)c1ccc(-n2cccc2)cc1. The lowest BCUT2D eigenvalue weighted by Crippen LogP contribution is -2.29. The Balaban J connectivity index is 1.53. The van der Waals surface area contributed by atoms with E-state index >= 15 is 0 Å². The molecule has 0 saturated carbocycles. The fraction of sp³-hybridized carbons (Fsp3) is 0.300. The molecule has 4 rings (SSSR count). The van der Waals surface area contributed by atoms with Gasteiger partial charge in [0.05, 0.1) is 17.5 Å². The first-order chi connectivity index (χ1) is 13.3. The van der Waals surface area contributed by atoms with Crippen molar-refractivity contribution in [2.75, 3.05) is 5.75 Å². The normalized spacial score (nSPS) is 16.4. The van der Waals surface area contributed by atoms with Gasteiger partial charge in [-0.1, -0.05) is 12.1 Å². The van der Waals surface area contributed by atoms with Crippen LogP contribution in [0.2, 0.25) is 0 Å². The molecule has 0 radical (unpaired) electrons. The zero-order valence-corrected chi connectivity index (χ0v) is 16.6. The Labute approximate surface area is 163 Å². The number of carbonyl (C=O) groups excluding carboxylic acids is 1. The smallest absolute Gasteiger partial charge is 0.272 e. The van der Waals surface area contributed by atoms with Gasteiger partial charge in [0.1, 0.15) is 0 Å². The van der Waals surface area contributed by atoms with Crippen LogP contribution in [0, 0.1) is 0 Å². The monoisotopic (exact) mass is 398 g/mol. The first kappa shape index (κ1) is 18.5. The van der Waals surface area contributed by atoms with Gasteiger partial charge in [-0.15, -0.1) is 0 Å². The van der Waals surface area contributed by atoms with Crippen LogP contribution in [-0.4, -0.2) is 34.4 Å². The minimum Gasteiger partial charge on any atom is -0.344 e. The predicted octanol–water partition coefficient (Wildman–Crippen LogP) is 2.17. The quantitative estimate of drug-likeness (QED) is 0.730. The minimum atomic E-state index is -3.18. The Morgan fingerprint density at radius 2 is 1.86 bits per heavy atom. The summed E-state index contributed by atoms with van der Waals surface area (Å²) in [7, 11) is -1.43. The highest BCUT2D eigenvalue weighted by atomic mass is 32.2. The van der Waals surface area contributed by atoms with E-state index in [2.05, 4.69) is 10.4 Å². The molecule has 3 heterocycles. The van der Waals surface area contributed by atoms with Gasteiger partial charge >= 0.3 is 0 Å². The Hall–Kier alpha value is -2.87. The maximum absolute atomic E-state index is 12.8. The van der Waals surface area contributed by atoms with Crippen LogP contribution in [-0.2, 0) is 29.1 Å². The molecule has 1 aromatic carbocycles. The van der Waals surface area contributed by atoms with Crippen LogP contribution in [0.3, 0.4) is 0 Å². The fourth-order valence-electron chi connectivity index (χ4n) is 3.58. The van der Waals surface area contributed by atoms with E-state index in [1.54, 1.807) is 11.7 Å². The summed E-state index contributed by atoms with van der Waals surface area (Å²) in [6, 6.07) is 11.6. The van der Waals surface area contributed by atoms with Crippen molar-refractivity contribution in [1.29, 1.82) is 0 Å². The molecule has 1 atom stereocenters. The second-order valence-electron chi connectivity index (χ2n) is 7.12. The van der Waals surface area contributed by atoms with Gasteiger partial charge in [-0.25, -0.2) is 8.42 Å². The third kappa shape index (κ3) is 3.47. The number of fused-ring (bicyclic) bond motifs is 1. The summed E-state index contributed by atoms with van der Waals surface area (Å²) in [5.74, 6) is -0.375. The van der Waals surface area contributed by atoms with Crippen molar-refractivity contribution in [1.82, 2.24) is 19.7 Å². The van der Waals surface area contributed by atoms with Crippen molar-refractivity contribution in [3.63, 3.8) is 0 Å². The molecule has 0 aliphatic carbocycles. The number of hydrogen-bond donors (Lipinski definition) is 1. The average Bonchev–Trinajstić information content (AvgIpc) is 3.29. The first-order valence-corrected chi connectivity index (χ1v) is 11.0. The molecule has 1 unspecified atom stereocenters. The number of sulfone groups is 1. The third-order valence-electron chi connectivity index (χ3n) is 5.15. The van der Waals surface area contributed by atoms with Crippen LogP contribution < -0.4 is 5.32 Å². The van der Waals surface area contributed by atoms with Gasteiger partial charge in [0.2, 0.25) is 0 Å². The molecular formula is C20H22N4O3S. The highest BCUT2D eigenvalue weighted by Crippen LogP contribution is 2.24. The summed E-state index contributed by atoms with van der Waals surface area (Å²) in [6.07, 6.45) is 4.34. The van der Waals surface area contributed by atoms with Gasteiger partial charge in [0, 0.05) is 42.8 Å². The highest BCUT2D eigenvalue weighted by Gasteiger charge is 2.30. The number of aromatic nitrogens is 3. The first-order valence-electron chi connectivity index (χ1n) is 9.13. The molecule has 0 saturated heterocycles. The maximum Gasteiger partial charge on any atom is 0.272 e. The van der Waals surface area contributed by atoms with E-state index in [9.17, 15) is 13.2 Å². The molecular weight excluding hydrogens is 376 g/mol. The molecule has 1 N–H and O–H groups in total. The van der Waals surface area contributed by atoms with E-state index in [0.29, 0.717) is 12.0 Å². The van der Waals surface area contributed by atoms with Crippen molar-refractivity contribution >= 4 is 15.7 Å². The van der Waals surface area contributed by atoms with Crippen LogP contribution in [0.1, 0.15) is 40.3 Å². The number of hydrogen-bond acceptors (Lipinski definition) is 4. The lowest BCUT2D eigenvalue weighted by molar-refractivity contribution is 0.0933. The maximum atomic E-state index is 12.8. The zero-order valence-electron chi connectivity index (χ0n) is 15.8. The number of carbonyl (C=O) groups is 1. The van der Waals surface area contributed by atoms with Gasteiger partial charge in [0.15, 0.2) is 15.5 Å². The van der Waals surface area contributed by atoms with Crippen molar-refractivity contribution in [3.05, 3.63) is 71.3 Å². The lowest BCUT2D eigenvalue weighted by atomic mass is 10.1. The molecule has 0 spiro atoms. The number of nitrogens with zero attached hydrogens (tertiary/aromatic N) is 3. The van der Waals surface area contributed by atoms with E-state index < -0.39 is 9.84 Å². The van der Waals surface area contributed by atoms with Gasteiger partial charge in [-0.05, 0) is 36.8 Å². The number of amides is 1. The predicted molar refractivity (Wildman–Crippen MR) is 106 cm³/mol. The molecule has 0 bridgehead atoms. The van der Waals surface area contributed by atoms with Gasteiger partial charge in [-0.2, -0.15) is 5.10 Å². The van der Waals surface area contributed by atoms with Gasteiger partial charge in [0.25, 0.3) is 5.91 Å². The van der Waals surface area contributed by atoms with Crippen molar-refractivity contribution in [2.24, 2.45) is 7.05 Å². The highest BCUT2D eigenvalue weighted by molar-refractivity contribution is 7.90. The Morgan fingerprint density at radius 3 is 2.54 bits per heavy atom. The van der Waals surface area contributed by atoms with Crippen molar-refractivity contribution in [3.8, 4) is 5.69 Å². The number of benzene rings is 1.